The van der Waals surface area contributed by atoms with Gasteiger partial charge >= 0.3 is 0 Å². The van der Waals surface area contributed by atoms with E-state index in [0.717, 1.165) is 16.7 Å². The maximum atomic E-state index is 11.9. The average Bonchev–Trinajstić information content (AvgIpc) is 3.05. The van der Waals surface area contributed by atoms with Gasteiger partial charge in [0.25, 0.3) is 5.91 Å². The number of nitrogens with one attached hydrogen (secondary N) is 1. The first-order valence-electron chi connectivity index (χ1n) is 8.60. The Labute approximate surface area is 155 Å². The molecular weight excluding hydrogens is 344 g/mol. The van der Waals surface area contributed by atoms with E-state index >= 15 is 0 Å². The summed E-state index contributed by atoms with van der Waals surface area (Å²) in [6.07, 6.45) is 0.425. The zero-order valence-corrected chi connectivity index (χ0v) is 14.6. The van der Waals surface area contributed by atoms with Gasteiger partial charge in [0.2, 0.25) is 5.43 Å². The highest BCUT2D eigenvalue weighted by molar-refractivity contribution is 6.00. The van der Waals surface area contributed by atoms with E-state index in [1.165, 1.54) is 12.3 Å². The number of fused-ring (bicyclic) bond motifs is 1. The molecule has 1 atom stereocenters. The number of aliphatic hydroxyl groups is 1. The number of carbonyl (C=O) groups is 1. The lowest BCUT2D eigenvalue weighted by Crippen LogP contribution is -2.13. The maximum absolute atomic E-state index is 11.9. The van der Waals surface area contributed by atoms with Gasteiger partial charge in [0.15, 0.2) is 5.75 Å². The Morgan fingerprint density at radius 1 is 1.07 bits per heavy atom. The molecular formula is C21H18N2O4. The van der Waals surface area contributed by atoms with Crippen molar-refractivity contribution in [2.75, 3.05) is 0 Å². The first-order chi connectivity index (χ1) is 13.0. The van der Waals surface area contributed by atoms with Crippen molar-refractivity contribution in [2.45, 2.75) is 19.6 Å². The van der Waals surface area contributed by atoms with Gasteiger partial charge in [-0.25, -0.2) is 0 Å². The smallest absolute Gasteiger partial charge is 0.251 e. The molecule has 0 spiro atoms. The molecule has 27 heavy (non-hydrogen) atoms. The molecule has 136 valence electrons. The van der Waals surface area contributed by atoms with Crippen molar-refractivity contribution in [3.8, 4) is 22.6 Å². The SMILES string of the molecule is CC(O)c1cc(=O)c(O)cn1-c1cccc(-c2cccc3c2CNC3=O)c1. The first kappa shape index (κ1) is 17.1. The number of hydrogen-bond donors (Lipinski definition) is 3. The Balaban J connectivity index is 1.88. The van der Waals surface area contributed by atoms with Crippen LogP contribution in [-0.4, -0.2) is 20.7 Å². The lowest BCUT2D eigenvalue weighted by atomic mass is 9.96. The van der Waals surface area contributed by atoms with Crippen LogP contribution < -0.4 is 10.7 Å². The fraction of sp³-hybridized carbons (Fsp3) is 0.143. The molecule has 3 aromatic rings. The number of amides is 1. The van der Waals surface area contributed by atoms with E-state index in [9.17, 15) is 19.8 Å². The van der Waals surface area contributed by atoms with Crippen molar-refractivity contribution < 1.29 is 15.0 Å². The third-order valence-corrected chi connectivity index (χ3v) is 4.77. The summed E-state index contributed by atoms with van der Waals surface area (Å²) in [7, 11) is 0. The summed E-state index contributed by atoms with van der Waals surface area (Å²) in [5.41, 5.74) is 3.98. The highest BCUT2D eigenvalue weighted by Gasteiger charge is 2.22. The number of carbonyl (C=O) groups excluding carboxylic acids is 1. The van der Waals surface area contributed by atoms with Gasteiger partial charge in [-0.2, -0.15) is 0 Å². The molecule has 1 aliphatic heterocycles. The van der Waals surface area contributed by atoms with Crippen molar-refractivity contribution in [3.05, 3.63) is 81.8 Å². The maximum Gasteiger partial charge on any atom is 0.251 e. The second kappa shape index (κ2) is 6.41. The number of hydrogen-bond acceptors (Lipinski definition) is 4. The molecule has 0 bridgehead atoms. The predicted octanol–water partition coefficient (Wildman–Crippen LogP) is 2.51. The van der Waals surface area contributed by atoms with Crippen molar-refractivity contribution >= 4 is 5.91 Å². The van der Waals surface area contributed by atoms with Crippen LogP contribution >= 0.6 is 0 Å². The predicted molar refractivity (Wildman–Crippen MR) is 101 cm³/mol. The van der Waals surface area contributed by atoms with Gasteiger partial charge in [0.05, 0.1) is 18.0 Å². The molecule has 1 aliphatic rings. The molecule has 2 heterocycles. The topological polar surface area (TPSA) is 91.6 Å². The summed E-state index contributed by atoms with van der Waals surface area (Å²) < 4.78 is 1.59. The minimum atomic E-state index is -0.884. The number of aromatic hydroxyl groups is 1. The van der Waals surface area contributed by atoms with Crippen molar-refractivity contribution in [3.63, 3.8) is 0 Å². The minimum Gasteiger partial charge on any atom is -0.503 e. The van der Waals surface area contributed by atoms with Crippen LogP contribution in [0.2, 0.25) is 0 Å². The van der Waals surface area contributed by atoms with E-state index in [1.807, 2.05) is 36.4 Å². The van der Waals surface area contributed by atoms with Crippen molar-refractivity contribution in [1.29, 1.82) is 0 Å². The fourth-order valence-corrected chi connectivity index (χ4v) is 3.43. The molecule has 0 fully saturated rings. The van der Waals surface area contributed by atoms with Crippen LogP contribution in [0.3, 0.4) is 0 Å². The molecule has 0 aliphatic carbocycles. The molecule has 4 rings (SSSR count). The van der Waals surface area contributed by atoms with Gasteiger partial charge in [-0.3, -0.25) is 9.59 Å². The quantitative estimate of drug-likeness (QED) is 0.668. The second-order valence-corrected chi connectivity index (χ2v) is 6.56. The standard InChI is InChI=1S/C21H18N2O4/c1-12(24)18-9-19(25)20(26)11-23(18)14-5-2-4-13(8-14)15-6-3-7-16-17(15)10-22-21(16)27/h2-9,11-12,24,26H,10H2,1H3,(H,22,27). The Hall–Kier alpha value is -3.38. The van der Waals surface area contributed by atoms with E-state index in [4.69, 9.17) is 0 Å². The van der Waals surface area contributed by atoms with Crippen LogP contribution in [0.25, 0.3) is 16.8 Å². The number of nitrogens with zero attached hydrogens (tertiary/aromatic N) is 1. The van der Waals surface area contributed by atoms with Crippen LogP contribution in [0.4, 0.5) is 0 Å². The highest BCUT2D eigenvalue weighted by Crippen LogP contribution is 2.31. The zero-order chi connectivity index (χ0) is 19.1. The monoisotopic (exact) mass is 362 g/mol. The lowest BCUT2D eigenvalue weighted by Gasteiger charge is -2.17. The fourth-order valence-electron chi connectivity index (χ4n) is 3.43. The zero-order valence-electron chi connectivity index (χ0n) is 14.6. The van der Waals surface area contributed by atoms with Crippen LogP contribution in [0.1, 0.15) is 34.6 Å². The first-order valence-corrected chi connectivity index (χ1v) is 8.60. The van der Waals surface area contributed by atoms with Gasteiger partial charge in [-0.05, 0) is 41.8 Å². The van der Waals surface area contributed by atoms with Crippen molar-refractivity contribution in [1.82, 2.24) is 9.88 Å². The third-order valence-electron chi connectivity index (χ3n) is 4.77. The molecule has 1 unspecified atom stereocenters. The summed E-state index contributed by atoms with van der Waals surface area (Å²) in [6, 6.07) is 14.3. The van der Waals surface area contributed by atoms with Crippen LogP contribution in [0, 0.1) is 0 Å². The molecule has 3 N–H and O–H groups in total. The van der Waals surface area contributed by atoms with E-state index in [0.29, 0.717) is 23.5 Å². The minimum absolute atomic E-state index is 0.0790. The molecule has 6 nitrogen and oxygen atoms in total. The number of benzene rings is 2. The molecule has 0 saturated carbocycles. The summed E-state index contributed by atoms with van der Waals surface area (Å²) in [5.74, 6) is -0.468. The number of pyridine rings is 1. The van der Waals surface area contributed by atoms with Gasteiger partial charge in [-0.15, -0.1) is 0 Å². The number of aliphatic hydroxyl groups excluding tert-OH is 1. The van der Waals surface area contributed by atoms with Crippen LogP contribution in [0.15, 0.2) is 59.5 Å². The molecule has 1 amide bonds. The van der Waals surface area contributed by atoms with Gasteiger partial charge < -0.3 is 20.1 Å². The average molecular weight is 362 g/mol. The molecule has 6 heteroatoms. The van der Waals surface area contributed by atoms with Crippen LogP contribution in [0.5, 0.6) is 5.75 Å². The van der Waals surface area contributed by atoms with E-state index in [1.54, 1.807) is 17.6 Å². The lowest BCUT2D eigenvalue weighted by molar-refractivity contribution is 0.0965. The Morgan fingerprint density at radius 3 is 2.59 bits per heavy atom. The van der Waals surface area contributed by atoms with Crippen molar-refractivity contribution in [2.24, 2.45) is 0 Å². The normalized spacial score (nSPS) is 13.9. The molecule has 2 aromatic carbocycles. The van der Waals surface area contributed by atoms with Gasteiger partial charge in [-0.1, -0.05) is 24.3 Å². The van der Waals surface area contributed by atoms with E-state index < -0.39 is 11.5 Å². The largest absolute Gasteiger partial charge is 0.503 e. The number of aromatic nitrogens is 1. The molecule has 0 saturated heterocycles. The third kappa shape index (κ3) is 2.90. The summed E-state index contributed by atoms with van der Waals surface area (Å²) >= 11 is 0. The molecule has 1 aromatic heterocycles. The summed E-state index contributed by atoms with van der Waals surface area (Å²) in [5, 5.41) is 22.7. The summed E-state index contributed by atoms with van der Waals surface area (Å²) in [6.45, 7) is 2.04. The van der Waals surface area contributed by atoms with E-state index in [2.05, 4.69) is 5.32 Å². The Bertz CT molecular complexity index is 1120. The van der Waals surface area contributed by atoms with Gasteiger partial charge in [0, 0.05) is 23.9 Å². The highest BCUT2D eigenvalue weighted by atomic mass is 16.3. The molecule has 0 radical (unpaired) electrons. The summed E-state index contributed by atoms with van der Waals surface area (Å²) in [4.78, 5) is 23.7. The van der Waals surface area contributed by atoms with Gasteiger partial charge in [0.1, 0.15) is 0 Å². The van der Waals surface area contributed by atoms with E-state index in [-0.39, 0.29) is 11.7 Å². The Morgan fingerprint density at radius 2 is 1.81 bits per heavy atom. The van der Waals surface area contributed by atoms with Crippen LogP contribution in [-0.2, 0) is 6.54 Å². The second-order valence-electron chi connectivity index (χ2n) is 6.56. The Kier molecular flexibility index (Phi) is 4.05. The number of rotatable bonds is 3.